The van der Waals surface area contributed by atoms with Crippen molar-refractivity contribution in [3.8, 4) is 34.3 Å². The number of methoxy groups -OCH3 is 3. The third-order valence-electron chi connectivity index (χ3n) is 6.08. The number of hydrogen-bond donors (Lipinski definition) is 1. The van der Waals surface area contributed by atoms with E-state index < -0.39 is 0 Å². The monoisotopic (exact) mass is 559 g/mol. The number of nitrogens with one attached hydrogen (secondary N) is 1. The lowest BCUT2D eigenvalue weighted by atomic mass is 9.87. The lowest BCUT2D eigenvalue weighted by Gasteiger charge is -2.19. The summed E-state index contributed by atoms with van der Waals surface area (Å²) in [5, 5.41) is 13.6. The van der Waals surface area contributed by atoms with Crippen molar-refractivity contribution in [1.29, 1.82) is 0 Å². The Morgan fingerprint density at radius 3 is 2.17 bits per heavy atom. The van der Waals surface area contributed by atoms with Gasteiger partial charge in [0.1, 0.15) is 0 Å². The summed E-state index contributed by atoms with van der Waals surface area (Å²) in [5.74, 6) is 1.99. The van der Waals surface area contributed by atoms with Gasteiger partial charge in [0.05, 0.1) is 33.3 Å². The Kier molecular flexibility index (Phi) is 9.11. The average Bonchev–Trinajstić information content (AvgIpc) is 3.39. The molecule has 0 radical (unpaired) electrons. The van der Waals surface area contributed by atoms with Gasteiger partial charge in [0.2, 0.25) is 5.75 Å². The quantitative estimate of drug-likeness (QED) is 0.156. The van der Waals surface area contributed by atoms with E-state index in [1.165, 1.54) is 44.9 Å². The van der Waals surface area contributed by atoms with Crippen LogP contribution in [0, 0.1) is 0 Å². The van der Waals surface area contributed by atoms with Crippen molar-refractivity contribution < 1.29 is 19.0 Å². The van der Waals surface area contributed by atoms with E-state index in [0.717, 1.165) is 11.3 Å². The van der Waals surface area contributed by atoms with E-state index in [1.807, 2.05) is 34.9 Å². The highest BCUT2D eigenvalue weighted by molar-refractivity contribution is 7.99. The van der Waals surface area contributed by atoms with Crippen LogP contribution in [0.3, 0.4) is 0 Å². The molecule has 1 heterocycles. The number of ether oxygens (including phenoxy) is 3. The van der Waals surface area contributed by atoms with Crippen LogP contribution in [0.25, 0.3) is 17.1 Å². The zero-order valence-corrected chi connectivity index (χ0v) is 24.3. The van der Waals surface area contributed by atoms with Crippen molar-refractivity contribution in [3.63, 3.8) is 0 Å². The van der Waals surface area contributed by atoms with Crippen LogP contribution >= 0.6 is 11.8 Å². The number of carbonyl (C=O) groups is 1. The molecule has 0 spiro atoms. The van der Waals surface area contributed by atoms with E-state index in [1.54, 1.807) is 12.1 Å². The number of benzene rings is 3. The molecule has 0 aliphatic carbocycles. The maximum atomic E-state index is 12.6. The first kappa shape index (κ1) is 28.7. The minimum Gasteiger partial charge on any atom is -0.493 e. The van der Waals surface area contributed by atoms with E-state index in [0.29, 0.717) is 33.8 Å². The van der Waals surface area contributed by atoms with Crippen molar-refractivity contribution >= 4 is 23.9 Å². The summed E-state index contributed by atoms with van der Waals surface area (Å²) < 4.78 is 18.0. The summed E-state index contributed by atoms with van der Waals surface area (Å²) in [5.41, 5.74) is 6.37. The summed E-state index contributed by atoms with van der Waals surface area (Å²) in [7, 11) is 4.62. The molecule has 10 heteroatoms. The highest BCUT2D eigenvalue weighted by Gasteiger charge is 2.19. The van der Waals surface area contributed by atoms with Crippen molar-refractivity contribution in [2.24, 2.45) is 5.10 Å². The molecule has 4 rings (SSSR count). The van der Waals surface area contributed by atoms with Crippen LogP contribution in [0.1, 0.15) is 31.9 Å². The molecular formula is C30H33N5O4S. The molecule has 1 aromatic heterocycles. The number of rotatable bonds is 10. The highest BCUT2D eigenvalue weighted by Crippen LogP contribution is 2.37. The van der Waals surface area contributed by atoms with Gasteiger partial charge < -0.3 is 14.2 Å². The minimum atomic E-state index is -0.285. The maximum Gasteiger partial charge on any atom is 0.250 e. The fourth-order valence-corrected chi connectivity index (χ4v) is 4.74. The van der Waals surface area contributed by atoms with Crippen LogP contribution < -0.4 is 19.6 Å². The number of para-hydroxylation sites is 1. The molecule has 0 bridgehead atoms. The Balaban J connectivity index is 1.50. The first-order valence-electron chi connectivity index (χ1n) is 12.6. The Bertz CT molecular complexity index is 1450. The van der Waals surface area contributed by atoms with E-state index in [-0.39, 0.29) is 17.1 Å². The van der Waals surface area contributed by atoms with E-state index in [2.05, 4.69) is 65.8 Å². The molecule has 0 aliphatic heterocycles. The van der Waals surface area contributed by atoms with Gasteiger partial charge in [-0.05, 0) is 35.2 Å². The van der Waals surface area contributed by atoms with Crippen LogP contribution in [0.2, 0.25) is 0 Å². The number of hydrazone groups is 1. The number of aromatic nitrogens is 3. The molecule has 0 saturated carbocycles. The molecule has 3 aromatic carbocycles. The molecule has 1 N–H and O–H groups in total. The van der Waals surface area contributed by atoms with Crippen molar-refractivity contribution in [1.82, 2.24) is 20.2 Å². The van der Waals surface area contributed by atoms with Gasteiger partial charge in [0.25, 0.3) is 5.91 Å². The van der Waals surface area contributed by atoms with Gasteiger partial charge in [-0.1, -0.05) is 75.0 Å². The summed E-state index contributed by atoms with van der Waals surface area (Å²) in [4.78, 5) is 12.6. The molecule has 4 aromatic rings. The van der Waals surface area contributed by atoms with Gasteiger partial charge in [-0.2, -0.15) is 5.10 Å². The molecule has 40 heavy (non-hydrogen) atoms. The van der Waals surface area contributed by atoms with E-state index in [9.17, 15) is 4.79 Å². The second-order valence-electron chi connectivity index (χ2n) is 9.85. The molecular weight excluding hydrogens is 526 g/mol. The zero-order chi connectivity index (χ0) is 28.7. The van der Waals surface area contributed by atoms with Gasteiger partial charge >= 0.3 is 0 Å². The van der Waals surface area contributed by atoms with Crippen LogP contribution in [0.15, 0.2) is 77.0 Å². The summed E-state index contributed by atoms with van der Waals surface area (Å²) >= 11 is 1.28. The smallest absolute Gasteiger partial charge is 0.250 e. The SMILES string of the molecule is COc1cc(/C=N/NC(=O)CSc2nnc(-c3ccc(C(C)(C)C)cc3)n2-c2ccccc2)cc(OC)c1OC. The second kappa shape index (κ2) is 12.7. The number of amides is 1. The predicted octanol–water partition coefficient (Wildman–Crippen LogP) is 5.50. The first-order chi connectivity index (χ1) is 19.2. The van der Waals surface area contributed by atoms with Gasteiger partial charge in [0, 0.05) is 16.8 Å². The molecule has 9 nitrogen and oxygen atoms in total. The lowest BCUT2D eigenvalue weighted by molar-refractivity contribution is -0.118. The molecule has 0 aliphatic rings. The third kappa shape index (κ3) is 6.63. The van der Waals surface area contributed by atoms with E-state index in [4.69, 9.17) is 14.2 Å². The Labute approximate surface area is 238 Å². The molecule has 0 saturated heterocycles. The van der Waals surface area contributed by atoms with Gasteiger partial charge in [0.15, 0.2) is 22.5 Å². The van der Waals surface area contributed by atoms with Gasteiger partial charge in [-0.15, -0.1) is 10.2 Å². The lowest BCUT2D eigenvalue weighted by Crippen LogP contribution is -2.20. The Hall–Kier alpha value is -4.31. The van der Waals surface area contributed by atoms with Crippen LogP contribution in [-0.4, -0.2) is 54.0 Å². The predicted molar refractivity (Wildman–Crippen MR) is 158 cm³/mol. The second-order valence-corrected chi connectivity index (χ2v) is 10.8. The number of thioether (sulfide) groups is 1. The third-order valence-corrected chi connectivity index (χ3v) is 7.01. The number of hydrogen-bond acceptors (Lipinski definition) is 8. The Morgan fingerprint density at radius 1 is 0.950 bits per heavy atom. The number of carbonyl (C=O) groups excluding carboxylic acids is 1. The number of nitrogens with zero attached hydrogens (tertiary/aromatic N) is 4. The van der Waals surface area contributed by atoms with E-state index >= 15 is 0 Å². The fraction of sp³-hybridized carbons (Fsp3) is 0.267. The Morgan fingerprint density at radius 2 is 1.60 bits per heavy atom. The molecule has 1 amide bonds. The normalized spacial score (nSPS) is 11.4. The highest BCUT2D eigenvalue weighted by atomic mass is 32.2. The van der Waals surface area contributed by atoms with Crippen LogP contribution in [0.5, 0.6) is 17.2 Å². The summed E-state index contributed by atoms with van der Waals surface area (Å²) in [6.07, 6.45) is 1.51. The van der Waals surface area contributed by atoms with Gasteiger partial charge in [-0.3, -0.25) is 9.36 Å². The first-order valence-corrected chi connectivity index (χ1v) is 13.6. The minimum absolute atomic E-state index is 0.0496. The van der Waals surface area contributed by atoms with Crippen molar-refractivity contribution in [2.45, 2.75) is 31.3 Å². The molecule has 208 valence electrons. The average molecular weight is 560 g/mol. The summed E-state index contributed by atoms with van der Waals surface area (Å²) in [6.45, 7) is 6.55. The molecule has 0 fully saturated rings. The van der Waals surface area contributed by atoms with Crippen LogP contribution in [-0.2, 0) is 10.2 Å². The molecule has 0 unspecified atom stereocenters. The molecule has 0 atom stereocenters. The fourth-order valence-electron chi connectivity index (χ4n) is 4.00. The van der Waals surface area contributed by atoms with Crippen LogP contribution in [0.4, 0.5) is 0 Å². The zero-order valence-electron chi connectivity index (χ0n) is 23.5. The van der Waals surface area contributed by atoms with Gasteiger partial charge in [-0.25, -0.2) is 5.43 Å². The van der Waals surface area contributed by atoms with Crippen molar-refractivity contribution in [3.05, 3.63) is 77.9 Å². The largest absolute Gasteiger partial charge is 0.493 e. The van der Waals surface area contributed by atoms with Crippen molar-refractivity contribution in [2.75, 3.05) is 27.1 Å². The standard InChI is InChI=1S/C30H33N5O4S/c1-30(2,3)22-14-12-21(13-15-22)28-33-34-29(35(28)23-10-8-7-9-11-23)40-19-26(36)32-31-18-20-16-24(37-4)27(39-6)25(17-20)38-5/h7-18H,19H2,1-6H3,(H,32,36)/b31-18+. The topological polar surface area (TPSA) is 99.9 Å². The maximum absolute atomic E-state index is 12.6. The summed E-state index contributed by atoms with van der Waals surface area (Å²) in [6, 6.07) is 21.7.